The van der Waals surface area contributed by atoms with E-state index < -0.39 is 30.3 Å². The van der Waals surface area contributed by atoms with Crippen LogP contribution in [0.2, 0.25) is 0 Å². The molecule has 1 aliphatic heterocycles. The van der Waals surface area contributed by atoms with Crippen molar-refractivity contribution in [1.29, 1.82) is 0 Å². The maximum absolute atomic E-state index is 11.0. The SMILES string of the molecule is CC(=O)OC[C@H]1O[C@H](C#CCO)C=C[C@@H]1OC(C)=O. The highest BCUT2D eigenvalue weighted by molar-refractivity contribution is 5.66. The summed E-state index contributed by atoms with van der Waals surface area (Å²) < 4.78 is 15.4. The first kappa shape index (κ1) is 15.2. The lowest BCUT2D eigenvalue weighted by molar-refractivity contribution is -0.161. The molecule has 0 fully saturated rings. The lowest BCUT2D eigenvalue weighted by Gasteiger charge is -2.29. The van der Waals surface area contributed by atoms with Crippen LogP contribution in [-0.2, 0) is 23.8 Å². The highest BCUT2D eigenvalue weighted by Gasteiger charge is 2.29. The normalized spacial score (nSPS) is 25.1. The van der Waals surface area contributed by atoms with Crippen molar-refractivity contribution in [2.45, 2.75) is 32.2 Å². The number of carbonyl (C=O) groups is 2. The van der Waals surface area contributed by atoms with E-state index in [9.17, 15) is 9.59 Å². The average molecular weight is 268 g/mol. The molecule has 0 unspecified atom stereocenters. The molecule has 1 rings (SSSR count). The smallest absolute Gasteiger partial charge is 0.303 e. The Balaban J connectivity index is 2.71. The van der Waals surface area contributed by atoms with Crippen LogP contribution in [-0.4, -0.2) is 48.6 Å². The molecule has 1 heterocycles. The zero-order valence-corrected chi connectivity index (χ0v) is 10.8. The zero-order valence-electron chi connectivity index (χ0n) is 10.8. The second-order valence-electron chi connectivity index (χ2n) is 3.84. The number of rotatable bonds is 3. The minimum Gasteiger partial charge on any atom is -0.463 e. The summed E-state index contributed by atoms with van der Waals surface area (Å²) in [4.78, 5) is 21.8. The van der Waals surface area contributed by atoms with E-state index in [2.05, 4.69) is 11.8 Å². The molecule has 0 saturated carbocycles. The van der Waals surface area contributed by atoms with Crippen LogP contribution in [0.4, 0.5) is 0 Å². The fourth-order valence-electron chi connectivity index (χ4n) is 1.51. The summed E-state index contributed by atoms with van der Waals surface area (Å²) in [5.41, 5.74) is 0. The molecule has 0 aromatic carbocycles. The third-order valence-electron chi connectivity index (χ3n) is 2.24. The van der Waals surface area contributed by atoms with E-state index >= 15 is 0 Å². The van der Waals surface area contributed by atoms with Gasteiger partial charge < -0.3 is 19.3 Å². The summed E-state index contributed by atoms with van der Waals surface area (Å²) in [6.07, 6.45) is 1.50. The van der Waals surface area contributed by atoms with E-state index in [-0.39, 0.29) is 13.2 Å². The van der Waals surface area contributed by atoms with Gasteiger partial charge in [0.15, 0.2) is 0 Å². The summed E-state index contributed by atoms with van der Waals surface area (Å²) in [6.45, 7) is 2.27. The van der Waals surface area contributed by atoms with Crippen LogP contribution < -0.4 is 0 Å². The molecule has 0 spiro atoms. The van der Waals surface area contributed by atoms with Gasteiger partial charge in [0.2, 0.25) is 0 Å². The first-order valence-electron chi connectivity index (χ1n) is 5.76. The highest BCUT2D eigenvalue weighted by atomic mass is 16.6. The van der Waals surface area contributed by atoms with Gasteiger partial charge in [-0.15, -0.1) is 0 Å². The third kappa shape index (κ3) is 5.55. The zero-order chi connectivity index (χ0) is 14.3. The van der Waals surface area contributed by atoms with Crippen LogP contribution in [0.3, 0.4) is 0 Å². The fourth-order valence-corrected chi connectivity index (χ4v) is 1.51. The number of ether oxygens (including phenoxy) is 3. The molecular weight excluding hydrogens is 252 g/mol. The number of aliphatic hydroxyl groups excluding tert-OH is 1. The minimum absolute atomic E-state index is 0.0328. The Kier molecular flexibility index (Phi) is 6.06. The second kappa shape index (κ2) is 7.56. The maximum atomic E-state index is 11.0. The molecule has 0 radical (unpaired) electrons. The molecule has 1 N–H and O–H groups in total. The van der Waals surface area contributed by atoms with Gasteiger partial charge in [-0.25, -0.2) is 0 Å². The van der Waals surface area contributed by atoms with Gasteiger partial charge in [-0.3, -0.25) is 9.59 Å². The predicted molar refractivity (Wildman–Crippen MR) is 64.8 cm³/mol. The van der Waals surface area contributed by atoms with Gasteiger partial charge in [0.1, 0.15) is 31.5 Å². The van der Waals surface area contributed by atoms with Crippen molar-refractivity contribution in [2.75, 3.05) is 13.2 Å². The summed E-state index contributed by atoms with van der Waals surface area (Å²) in [5.74, 6) is 4.25. The number of hydrogen-bond acceptors (Lipinski definition) is 6. The first-order chi connectivity index (χ1) is 9.02. The first-order valence-corrected chi connectivity index (χ1v) is 5.76. The lowest BCUT2D eigenvalue weighted by Crippen LogP contribution is -2.41. The number of esters is 2. The molecule has 0 aromatic heterocycles. The minimum atomic E-state index is -0.621. The Morgan fingerprint density at radius 3 is 2.63 bits per heavy atom. The van der Waals surface area contributed by atoms with Crippen molar-refractivity contribution in [2.24, 2.45) is 0 Å². The van der Waals surface area contributed by atoms with Crippen molar-refractivity contribution in [3.63, 3.8) is 0 Å². The predicted octanol–water partition coefficient (Wildman–Crippen LogP) is -0.200. The number of hydrogen-bond donors (Lipinski definition) is 1. The van der Waals surface area contributed by atoms with Crippen LogP contribution in [0.25, 0.3) is 0 Å². The standard InChI is InChI=1S/C13H16O6/c1-9(15)17-8-13-12(18-10(2)16)6-5-11(19-13)4-3-7-14/h5-6,11-14H,7-8H2,1-2H3/t11-,12+,13-/m1/s1. The summed E-state index contributed by atoms with van der Waals surface area (Å²) >= 11 is 0. The second-order valence-corrected chi connectivity index (χ2v) is 3.84. The van der Waals surface area contributed by atoms with Crippen molar-refractivity contribution in [1.82, 2.24) is 0 Å². The van der Waals surface area contributed by atoms with Crippen molar-refractivity contribution < 1.29 is 28.9 Å². The van der Waals surface area contributed by atoms with Crippen LogP contribution in [0.5, 0.6) is 0 Å². The van der Waals surface area contributed by atoms with Gasteiger partial charge in [0.25, 0.3) is 0 Å². The van der Waals surface area contributed by atoms with Gasteiger partial charge in [0, 0.05) is 13.8 Å². The van der Waals surface area contributed by atoms with E-state index in [1.165, 1.54) is 13.8 Å². The van der Waals surface area contributed by atoms with Gasteiger partial charge in [-0.1, -0.05) is 11.8 Å². The molecule has 19 heavy (non-hydrogen) atoms. The average Bonchev–Trinajstić information content (AvgIpc) is 2.35. The van der Waals surface area contributed by atoms with Gasteiger partial charge >= 0.3 is 11.9 Å². The molecule has 104 valence electrons. The van der Waals surface area contributed by atoms with Gasteiger partial charge in [0.05, 0.1) is 0 Å². The van der Waals surface area contributed by atoms with Crippen molar-refractivity contribution >= 4 is 11.9 Å². The molecule has 6 heteroatoms. The Bertz CT molecular complexity index is 417. The molecule has 0 aromatic rings. The summed E-state index contributed by atoms with van der Waals surface area (Å²) in [7, 11) is 0. The van der Waals surface area contributed by atoms with Crippen LogP contribution in [0, 0.1) is 11.8 Å². The molecule has 6 nitrogen and oxygen atoms in total. The Labute approximate surface area is 111 Å². The monoisotopic (exact) mass is 268 g/mol. The Hall–Kier alpha value is -1.84. The Morgan fingerprint density at radius 1 is 1.32 bits per heavy atom. The maximum Gasteiger partial charge on any atom is 0.303 e. The quantitative estimate of drug-likeness (QED) is 0.433. The van der Waals surface area contributed by atoms with E-state index in [0.29, 0.717) is 0 Å². The topological polar surface area (TPSA) is 82.1 Å². The van der Waals surface area contributed by atoms with E-state index in [1.54, 1.807) is 12.2 Å². The van der Waals surface area contributed by atoms with E-state index in [4.69, 9.17) is 19.3 Å². The van der Waals surface area contributed by atoms with Crippen LogP contribution in [0.15, 0.2) is 12.2 Å². The number of aliphatic hydroxyl groups is 1. The van der Waals surface area contributed by atoms with Crippen molar-refractivity contribution in [3.05, 3.63) is 12.2 Å². The lowest BCUT2D eigenvalue weighted by atomic mass is 10.1. The van der Waals surface area contributed by atoms with E-state index in [1.807, 2.05) is 0 Å². The van der Waals surface area contributed by atoms with Crippen molar-refractivity contribution in [3.8, 4) is 11.8 Å². The summed E-state index contributed by atoms with van der Waals surface area (Å²) in [6, 6.07) is 0. The highest BCUT2D eigenvalue weighted by Crippen LogP contribution is 2.16. The number of carbonyl (C=O) groups excluding carboxylic acids is 2. The molecule has 1 aliphatic rings. The largest absolute Gasteiger partial charge is 0.463 e. The van der Waals surface area contributed by atoms with Crippen LogP contribution in [0.1, 0.15) is 13.8 Å². The Morgan fingerprint density at radius 2 is 2.05 bits per heavy atom. The molecular formula is C13H16O6. The molecule has 0 bridgehead atoms. The third-order valence-corrected chi connectivity index (χ3v) is 2.24. The van der Waals surface area contributed by atoms with E-state index in [0.717, 1.165) is 0 Å². The van der Waals surface area contributed by atoms with Crippen LogP contribution >= 0.6 is 0 Å². The summed E-state index contributed by atoms with van der Waals surface area (Å²) in [5, 5.41) is 8.62. The molecule has 0 aliphatic carbocycles. The van der Waals surface area contributed by atoms with Gasteiger partial charge in [-0.05, 0) is 12.2 Å². The fraction of sp³-hybridized carbons (Fsp3) is 0.538. The van der Waals surface area contributed by atoms with Gasteiger partial charge in [-0.2, -0.15) is 0 Å². The molecule has 0 amide bonds. The molecule has 3 atom stereocenters. The molecule has 0 saturated heterocycles.